The Morgan fingerprint density at radius 1 is 1.38 bits per heavy atom. The van der Waals surface area contributed by atoms with Crippen LogP contribution in [-0.4, -0.2) is 32.7 Å². The van der Waals surface area contributed by atoms with E-state index in [1.54, 1.807) is 0 Å². The van der Waals surface area contributed by atoms with Crippen LogP contribution in [0.15, 0.2) is 10.5 Å². The van der Waals surface area contributed by atoms with Gasteiger partial charge < -0.3 is 10.8 Å². The predicted octanol–water partition coefficient (Wildman–Crippen LogP) is 3.67. The second-order valence-corrected chi connectivity index (χ2v) is 9.12. The molecule has 1 fully saturated rings. The van der Waals surface area contributed by atoms with Gasteiger partial charge in [-0.3, -0.25) is 0 Å². The van der Waals surface area contributed by atoms with Crippen LogP contribution in [0.25, 0.3) is 0 Å². The first-order valence-electron chi connectivity index (χ1n) is 8.30. The first-order valence-corrected chi connectivity index (χ1v) is 9.59. The van der Waals surface area contributed by atoms with E-state index in [0.717, 1.165) is 17.8 Å². The van der Waals surface area contributed by atoms with Crippen LogP contribution in [0.3, 0.4) is 0 Å². The average molecular weight is 406 g/mol. The largest absolute Gasteiger partial charge is 0.439 e. The van der Waals surface area contributed by atoms with Crippen molar-refractivity contribution >= 4 is 39.4 Å². The Hall–Kier alpha value is -1.26. The predicted molar refractivity (Wildman–Crippen MR) is 99.2 cm³/mol. The standard InChI is InChI=1S/C16H21F3N4OS2/c1-14(2,3)8-5-4-6-9-11(8)22-23(15(9,24)16(17,18)19)13-21-10(7-26-13)12(20)25/h7-9,24H,4-6H2,1-3H3,(H2,20,25)/t8-,9+,15+/m0/s1. The van der Waals surface area contributed by atoms with Gasteiger partial charge in [0.1, 0.15) is 10.7 Å². The molecule has 1 aliphatic heterocycles. The summed E-state index contributed by atoms with van der Waals surface area (Å²) in [5.74, 6) is -1.26. The normalized spacial score (nSPS) is 29.5. The van der Waals surface area contributed by atoms with Crippen LogP contribution in [0.4, 0.5) is 18.3 Å². The quantitative estimate of drug-likeness (QED) is 0.733. The summed E-state index contributed by atoms with van der Waals surface area (Å²) in [6.45, 7) is 5.94. The molecular weight excluding hydrogens is 385 g/mol. The van der Waals surface area contributed by atoms with Crippen LogP contribution < -0.4 is 10.7 Å². The molecule has 1 aromatic rings. The van der Waals surface area contributed by atoms with Crippen LogP contribution >= 0.6 is 23.6 Å². The molecule has 0 radical (unpaired) electrons. The number of nitrogens with zero attached hydrogens (tertiary/aromatic N) is 3. The van der Waals surface area contributed by atoms with Gasteiger partial charge in [-0.2, -0.15) is 23.3 Å². The number of alkyl halides is 3. The van der Waals surface area contributed by atoms with Gasteiger partial charge in [-0.05, 0) is 18.3 Å². The van der Waals surface area contributed by atoms with Gasteiger partial charge in [0.25, 0.3) is 5.72 Å². The zero-order valence-electron chi connectivity index (χ0n) is 14.7. The minimum absolute atomic E-state index is 0.0140. The van der Waals surface area contributed by atoms with Gasteiger partial charge in [-0.25, -0.2) is 4.98 Å². The molecule has 1 saturated carbocycles. The van der Waals surface area contributed by atoms with Crippen LogP contribution in [-0.2, 0) is 0 Å². The van der Waals surface area contributed by atoms with E-state index in [1.807, 2.05) is 20.8 Å². The van der Waals surface area contributed by atoms with Crippen molar-refractivity contribution < 1.29 is 18.3 Å². The number of aromatic nitrogens is 1. The van der Waals surface area contributed by atoms with Crippen LogP contribution in [0.1, 0.15) is 45.7 Å². The molecule has 0 aromatic carbocycles. The van der Waals surface area contributed by atoms with Gasteiger partial charge in [0.15, 0.2) is 0 Å². The molecule has 0 spiro atoms. The molecule has 144 valence electrons. The molecule has 2 aliphatic rings. The highest BCUT2D eigenvalue weighted by Gasteiger charge is 2.69. The van der Waals surface area contributed by atoms with Crippen molar-refractivity contribution in [2.45, 2.75) is 51.9 Å². The number of thiocarbonyl (C=S) groups is 1. The molecule has 3 atom stereocenters. The molecule has 0 amide bonds. The third kappa shape index (κ3) is 2.91. The lowest BCUT2D eigenvalue weighted by atomic mass is 9.66. The molecule has 0 bridgehead atoms. The van der Waals surface area contributed by atoms with E-state index in [9.17, 15) is 18.3 Å². The highest BCUT2D eigenvalue weighted by molar-refractivity contribution is 7.80. The summed E-state index contributed by atoms with van der Waals surface area (Å²) in [5.41, 5.74) is 2.75. The van der Waals surface area contributed by atoms with Gasteiger partial charge >= 0.3 is 6.18 Å². The molecule has 0 unspecified atom stereocenters. The van der Waals surface area contributed by atoms with Gasteiger partial charge in [0, 0.05) is 11.3 Å². The Labute approximate surface area is 159 Å². The van der Waals surface area contributed by atoms with E-state index in [2.05, 4.69) is 10.1 Å². The molecule has 26 heavy (non-hydrogen) atoms. The number of fused-ring (bicyclic) bond motifs is 1. The second kappa shape index (κ2) is 6.13. The van der Waals surface area contributed by atoms with E-state index < -0.39 is 17.8 Å². The van der Waals surface area contributed by atoms with Gasteiger partial charge in [-0.15, -0.1) is 11.3 Å². The van der Waals surface area contributed by atoms with Crippen LogP contribution in [0.5, 0.6) is 0 Å². The average Bonchev–Trinajstić information content (AvgIpc) is 3.09. The zero-order chi connectivity index (χ0) is 19.5. The summed E-state index contributed by atoms with van der Waals surface area (Å²) in [6, 6.07) is 0. The maximum atomic E-state index is 14.0. The monoisotopic (exact) mass is 406 g/mol. The van der Waals surface area contributed by atoms with E-state index in [1.165, 1.54) is 5.38 Å². The minimum atomic E-state index is -4.89. The Morgan fingerprint density at radius 3 is 2.54 bits per heavy atom. The fraction of sp³-hybridized carbons (Fsp3) is 0.688. The number of hydrogen-bond acceptors (Lipinski definition) is 6. The number of aliphatic hydroxyl groups is 1. The molecule has 1 aromatic heterocycles. The molecule has 10 heteroatoms. The van der Waals surface area contributed by atoms with Crippen molar-refractivity contribution in [3.05, 3.63) is 11.1 Å². The van der Waals surface area contributed by atoms with Gasteiger partial charge in [0.2, 0.25) is 5.13 Å². The van der Waals surface area contributed by atoms with E-state index >= 15 is 0 Å². The fourth-order valence-corrected chi connectivity index (χ4v) is 4.82. The second-order valence-electron chi connectivity index (χ2n) is 7.84. The first-order chi connectivity index (χ1) is 11.9. The van der Waals surface area contributed by atoms with Crippen LogP contribution in [0.2, 0.25) is 0 Å². The smallest absolute Gasteiger partial charge is 0.388 e. The minimum Gasteiger partial charge on any atom is -0.388 e. The lowest BCUT2D eigenvalue weighted by Gasteiger charge is -2.41. The Kier molecular flexibility index (Phi) is 4.60. The number of rotatable bonds is 2. The number of halogens is 3. The molecule has 3 rings (SSSR count). The summed E-state index contributed by atoms with van der Waals surface area (Å²) in [7, 11) is 0. The Balaban J connectivity index is 2.13. The number of hydrazone groups is 1. The summed E-state index contributed by atoms with van der Waals surface area (Å²) >= 11 is 5.76. The summed E-state index contributed by atoms with van der Waals surface area (Å²) < 4.78 is 42.0. The fourth-order valence-electron chi connectivity index (χ4n) is 3.81. The maximum absolute atomic E-state index is 14.0. The van der Waals surface area contributed by atoms with Crippen molar-refractivity contribution in [1.82, 2.24) is 4.98 Å². The number of hydrogen-bond donors (Lipinski definition) is 2. The number of nitrogens with two attached hydrogens (primary N) is 1. The Bertz CT molecular complexity index is 755. The highest BCUT2D eigenvalue weighted by atomic mass is 32.1. The van der Waals surface area contributed by atoms with Crippen molar-refractivity contribution in [3.63, 3.8) is 0 Å². The van der Waals surface area contributed by atoms with Crippen molar-refractivity contribution in [3.8, 4) is 0 Å². The van der Waals surface area contributed by atoms with Gasteiger partial charge in [-0.1, -0.05) is 39.4 Å². The lowest BCUT2D eigenvalue weighted by Crippen LogP contribution is -2.61. The van der Waals surface area contributed by atoms with Crippen molar-refractivity contribution in [1.29, 1.82) is 0 Å². The topological polar surface area (TPSA) is 74.7 Å². The molecule has 3 N–H and O–H groups in total. The third-order valence-electron chi connectivity index (χ3n) is 5.11. The SMILES string of the molecule is CC(C)(C)[C@H]1CCC[C@@H]2C1=NN(c1nc(C(N)=S)cs1)[C@]2(O)C(F)(F)F. The summed E-state index contributed by atoms with van der Waals surface area (Å²) in [6.07, 6.45) is -3.31. The molecule has 0 saturated heterocycles. The highest BCUT2D eigenvalue weighted by Crippen LogP contribution is 2.53. The lowest BCUT2D eigenvalue weighted by molar-refractivity contribution is -0.269. The third-order valence-corrected chi connectivity index (χ3v) is 6.14. The first kappa shape index (κ1) is 19.5. The van der Waals surface area contributed by atoms with E-state index in [0.29, 0.717) is 17.1 Å². The summed E-state index contributed by atoms with van der Waals surface area (Å²) in [4.78, 5) is 4.04. The Morgan fingerprint density at radius 2 is 2.04 bits per heavy atom. The molecule has 5 nitrogen and oxygen atoms in total. The molecule has 2 heterocycles. The zero-order valence-corrected chi connectivity index (χ0v) is 16.3. The molecular formula is C16H21F3N4OS2. The maximum Gasteiger partial charge on any atom is 0.439 e. The van der Waals surface area contributed by atoms with E-state index in [4.69, 9.17) is 18.0 Å². The summed E-state index contributed by atoms with van der Waals surface area (Å²) in [5, 5.41) is 17.2. The number of anilines is 1. The molecule has 1 aliphatic carbocycles. The van der Waals surface area contributed by atoms with Crippen molar-refractivity contribution in [2.75, 3.05) is 5.01 Å². The van der Waals surface area contributed by atoms with Gasteiger partial charge in [0.05, 0.1) is 11.6 Å². The van der Waals surface area contributed by atoms with E-state index in [-0.39, 0.29) is 33.6 Å². The van der Waals surface area contributed by atoms with Crippen LogP contribution in [0, 0.1) is 17.3 Å². The van der Waals surface area contributed by atoms with Crippen molar-refractivity contribution in [2.24, 2.45) is 28.1 Å². The number of thiazole rings is 1.